The second kappa shape index (κ2) is 7.35. The highest BCUT2D eigenvalue weighted by Crippen LogP contribution is 2.40. The molecule has 1 N–H and O–H groups in total. The third kappa shape index (κ3) is 3.69. The van der Waals surface area contributed by atoms with Gasteiger partial charge < -0.3 is 10.2 Å². The molecule has 3 unspecified atom stereocenters. The van der Waals surface area contributed by atoms with Crippen LogP contribution in [-0.4, -0.2) is 61.1 Å². The second-order valence-corrected chi connectivity index (χ2v) is 6.66. The van der Waals surface area contributed by atoms with Crippen LogP contribution in [0.5, 0.6) is 0 Å². The van der Waals surface area contributed by atoms with E-state index in [4.69, 9.17) is 0 Å². The lowest BCUT2D eigenvalue weighted by Gasteiger charge is -2.27. The van der Waals surface area contributed by atoms with Gasteiger partial charge in [-0.15, -0.1) is 0 Å². The van der Waals surface area contributed by atoms with Gasteiger partial charge in [-0.25, -0.2) is 0 Å². The number of likely N-dealkylation sites (N-methyl/N-ethyl adjacent to an activating group) is 1. The fourth-order valence-corrected chi connectivity index (χ4v) is 3.86. The third-order valence-corrected chi connectivity index (χ3v) is 5.34. The molecule has 1 heterocycles. The maximum absolute atomic E-state index is 4.54. The van der Waals surface area contributed by atoms with Crippen LogP contribution in [-0.2, 0) is 0 Å². The quantitative estimate of drug-likeness (QED) is 0.669. The van der Waals surface area contributed by atoms with E-state index in [1.54, 1.807) is 0 Å². The van der Waals surface area contributed by atoms with Gasteiger partial charge in [0.15, 0.2) is 5.96 Å². The monoisotopic (exact) mass is 314 g/mol. The molecule has 3 atom stereocenters. The molecule has 4 heteroatoms. The molecule has 2 aliphatic rings. The van der Waals surface area contributed by atoms with E-state index in [2.05, 4.69) is 64.3 Å². The zero-order valence-corrected chi connectivity index (χ0v) is 14.7. The van der Waals surface area contributed by atoms with Crippen molar-refractivity contribution in [3.63, 3.8) is 0 Å². The van der Waals surface area contributed by atoms with Crippen LogP contribution in [0, 0.1) is 0 Å². The summed E-state index contributed by atoms with van der Waals surface area (Å²) >= 11 is 0. The summed E-state index contributed by atoms with van der Waals surface area (Å²) in [6.45, 7) is 9.01. The molecular formula is C19H30N4. The number of likely N-dealkylation sites (tertiary alicyclic amines) is 1. The smallest absolute Gasteiger partial charge is 0.193 e. The Hall–Kier alpha value is -1.55. The van der Waals surface area contributed by atoms with E-state index in [0.29, 0.717) is 18.0 Å². The van der Waals surface area contributed by atoms with E-state index in [0.717, 1.165) is 32.1 Å². The van der Waals surface area contributed by atoms with Crippen molar-refractivity contribution >= 4 is 5.96 Å². The molecular weight excluding hydrogens is 284 g/mol. The summed E-state index contributed by atoms with van der Waals surface area (Å²) < 4.78 is 0. The average Bonchev–Trinajstić information content (AvgIpc) is 3.21. The van der Waals surface area contributed by atoms with Gasteiger partial charge in [-0.1, -0.05) is 44.2 Å². The van der Waals surface area contributed by atoms with E-state index in [1.165, 1.54) is 18.4 Å². The summed E-state index contributed by atoms with van der Waals surface area (Å²) in [5.74, 6) is 1.73. The number of benzene rings is 1. The van der Waals surface area contributed by atoms with Crippen molar-refractivity contribution in [1.82, 2.24) is 15.1 Å². The highest BCUT2D eigenvalue weighted by atomic mass is 15.3. The molecule has 0 radical (unpaired) electrons. The maximum Gasteiger partial charge on any atom is 0.193 e. The average molecular weight is 314 g/mol. The normalized spacial score (nSPS) is 27.6. The molecule has 23 heavy (non-hydrogen) atoms. The summed E-state index contributed by atoms with van der Waals surface area (Å²) in [6, 6.07) is 12.0. The number of aliphatic imine (C=N–C) groups is 1. The van der Waals surface area contributed by atoms with Crippen molar-refractivity contribution in [1.29, 1.82) is 0 Å². The molecule has 0 aromatic heterocycles. The minimum atomic E-state index is 0.545. The summed E-state index contributed by atoms with van der Waals surface area (Å²) in [6.07, 6.45) is 2.46. The third-order valence-electron chi connectivity index (χ3n) is 5.34. The summed E-state index contributed by atoms with van der Waals surface area (Å²) in [5, 5.41) is 3.68. The number of hydrogen-bond donors (Lipinski definition) is 1. The van der Waals surface area contributed by atoms with E-state index in [9.17, 15) is 0 Å². The molecule has 0 amide bonds. The molecule has 4 nitrogen and oxygen atoms in total. The Morgan fingerprint density at radius 3 is 2.65 bits per heavy atom. The van der Waals surface area contributed by atoms with Crippen molar-refractivity contribution in [2.24, 2.45) is 4.99 Å². The fourth-order valence-electron chi connectivity index (χ4n) is 3.86. The highest BCUT2D eigenvalue weighted by molar-refractivity contribution is 5.81. The van der Waals surface area contributed by atoms with Gasteiger partial charge in [0, 0.05) is 38.1 Å². The van der Waals surface area contributed by atoms with Gasteiger partial charge in [-0.2, -0.15) is 0 Å². The van der Waals surface area contributed by atoms with Crippen LogP contribution >= 0.6 is 0 Å². The first-order chi connectivity index (χ1) is 11.3. The van der Waals surface area contributed by atoms with Gasteiger partial charge in [0.2, 0.25) is 0 Å². The molecule has 1 saturated carbocycles. The first kappa shape index (κ1) is 16.3. The standard InChI is InChI=1S/C19H30N4/c1-4-22(5-2)16-11-12-23(14-16)19(20-3)21-18-13-17(18)15-9-7-6-8-10-15/h6-10,16-18H,4-5,11-14H2,1-3H3,(H,20,21). The number of nitrogens with one attached hydrogen (secondary N) is 1. The second-order valence-electron chi connectivity index (χ2n) is 6.66. The zero-order valence-electron chi connectivity index (χ0n) is 14.7. The van der Waals surface area contributed by atoms with Crippen LogP contribution < -0.4 is 5.32 Å². The molecule has 2 fully saturated rings. The molecule has 0 bridgehead atoms. The molecule has 1 aromatic rings. The van der Waals surface area contributed by atoms with Gasteiger partial charge in [0.25, 0.3) is 0 Å². The summed E-state index contributed by atoms with van der Waals surface area (Å²) in [7, 11) is 1.91. The maximum atomic E-state index is 4.54. The minimum absolute atomic E-state index is 0.545. The zero-order chi connectivity index (χ0) is 16.2. The SMILES string of the molecule is CCN(CC)C1CCN(C(=NC)NC2CC2c2ccccc2)C1. The van der Waals surface area contributed by atoms with E-state index >= 15 is 0 Å². The first-order valence-electron chi connectivity index (χ1n) is 9.04. The van der Waals surface area contributed by atoms with E-state index < -0.39 is 0 Å². The topological polar surface area (TPSA) is 30.9 Å². The summed E-state index contributed by atoms with van der Waals surface area (Å²) in [5.41, 5.74) is 1.45. The van der Waals surface area contributed by atoms with Crippen molar-refractivity contribution in [2.75, 3.05) is 33.2 Å². The minimum Gasteiger partial charge on any atom is -0.353 e. The van der Waals surface area contributed by atoms with Crippen LogP contribution in [0.1, 0.15) is 38.2 Å². The van der Waals surface area contributed by atoms with Crippen LogP contribution in [0.2, 0.25) is 0 Å². The summed E-state index contributed by atoms with van der Waals surface area (Å²) in [4.78, 5) is 9.54. The van der Waals surface area contributed by atoms with Crippen LogP contribution in [0.4, 0.5) is 0 Å². The first-order valence-corrected chi connectivity index (χ1v) is 9.04. The Morgan fingerprint density at radius 2 is 2.00 bits per heavy atom. The lowest BCUT2D eigenvalue weighted by atomic mass is 10.1. The van der Waals surface area contributed by atoms with Gasteiger partial charge in [0.1, 0.15) is 0 Å². The number of guanidine groups is 1. The predicted molar refractivity (Wildman–Crippen MR) is 97.0 cm³/mol. The largest absolute Gasteiger partial charge is 0.353 e. The van der Waals surface area contributed by atoms with E-state index in [1.807, 2.05) is 7.05 Å². The van der Waals surface area contributed by atoms with Gasteiger partial charge in [-0.05, 0) is 31.5 Å². The molecule has 126 valence electrons. The Kier molecular flexibility index (Phi) is 5.21. The van der Waals surface area contributed by atoms with Crippen molar-refractivity contribution in [3.8, 4) is 0 Å². The van der Waals surface area contributed by atoms with Crippen molar-refractivity contribution in [2.45, 2.75) is 44.7 Å². The van der Waals surface area contributed by atoms with Crippen molar-refractivity contribution in [3.05, 3.63) is 35.9 Å². The van der Waals surface area contributed by atoms with Gasteiger partial charge in [-0.3, -0.25) is 9.89 Å². The number of hydrogen-bond acceptors (Lipinski definition) is 2. The lowest BCUT2D eigenvalue weighted by Crippen LogP contribution is -2.44. The Balaban J connectivity index is 1.54. The highest BCUT2D eigenvalue weighted by Gasteiger charge is 2.40. The Bertz CT molecular complexity index is 523. The number of rotatable bonds is 5. The Labute approximate surface area is 140 Å². The molecule has 0 spiro atoms. The van der Waals surface area contributed by atoms with Crippen LogP contribution in [0.25, 0.3) is 0 Å². The molecule has 1 saturated heterocycles. The van der Waals surface area contributed by atoms with Crippen LogP contribution in [0.3, 0.4) is 0 Å². The number of nitrogens with zero attached hydrogens (tertiary/aromatic N) is 3. The van der Waals surface area contributed by atoms with E-state index in [-0.39, 0.29) is 0 Å². The fraction of sp³-hybridized carbons (Fsp3) is 0.632. The molecule has 1 aromatic carbocycles. The molecule has 3 rings (SSSR count). The predicted octanol–water partition coefficient (Wildman–Crippen LogP) is 2.53. The van der Waals surface area contributed by atoms with Crippen molar-refractivity contribution < 1.29 is 0 Å². The van der Waals surface area contributed by atoms with Gasteiger partial charge >= 0.3 is 0 Å². The lowest BCUT2D eigenvalue weighted by molar-refractivity contribution is 0.223. The van der Waals surface area contributed by atoms with Crippen LogP contribution in [0.15, 0.2) is 35.3 Å². The Morgan fingerprint density at radius 1 is 1.26 bits per heavy atom. The molecule has 1 aliphatic carbocycles. The molecule has 1 aliphatic heterocycles. The van der Waals surface area contributed by atoms with Gasteiger partial charge in [0.05, 0.1) is 0 Å².